The highest BCUT2D eigenvalue weighted by Crippen LogP contribution is 2.22. The number of nitrogens with zero attached hydrogens (tertiary/aromatic N) is 4. The molecular weight excluding hydrogens is 286 g/mol. The largest absolute Gasteiger partial charge is 0.388 e. The van der Waals surface area contributed by atoms with E-state index in [1.165, 1.54) is 0 Å². The maximum Gasteiger partial charge on any atom is 0.181 e. The van der Waals surface area contributed by atoms with Crippen molar-refractivity contribution in [1.29, 1.82) is 0 Å². The topological polar surface area (TPSA) is 55.6 Å². The Labute approximate surface area is 133 Å². The standard InChI is InChI=1S/C18H15N5/c1-19-15-5-4-6-16(10-15)23-12-14-9-13(11-21-18(14)22-23)17-7-2-3-8-20-17/h2-12,19H,1H3. The molecule has 3 aromatic heterocycles. The maximum atomic E-state index is 4.55. The molecule has 23 heavy (non-hydrogen) atoms. The van der Waals surface area contributed by atoms with Crippen molar-refractivity contribution in [2.75, 3.05) is 12.4 Å². The molecule has 5 nitrogen and oxygen atoms in total. The van der Waals surface area contributed by atoms with E-state index in [4.69, 9.17) is 0 Å². The van der Waals surface area contributed by atoms with E-state index in [1.807, 2.05) is 66.6 Å². The second-order valence-electron chi connectivity index (χ2n) is 5.23. The SMILES string of the molecule is CNc1cccc(-n2cc3cc(-c4ccccn4)cnc3n2)c1. The number of pyridine rings is 2. The average Bonchev–Trinajstić information content (AvgIpc) is 3.06. The third-order valence-corrected chi connectivity index (χ3v) is 3.72. The van der Waals surface area contributed by atoms with Gasteiger partial charge in [-0.2, -0.15) is 0 Å². The molecule has 0 bridgehead atoms. The van der Waals surface area contributed by atoms with Gasteiger partial charge in [-0.05, 0) is 36.4 Å². The molecule has 0 radical (unpaired) electrons. The van der Waals surface area contributed by atoms with E-state index in [0.29, 0.717) is 0 Å². The van der Waals surface area contributed by atoms with Gasteiger partial charge in [0.05, 0.1) is 11.4 Å². The Kier molecular flexibility index (Phi) is 3.24. The van der Waals surface area contributed by atoms with Crippen molar-refractivity contribution in [2.45, 2.75) is 0 Å². The first-order valence-electron chi connectivity index (χ1n) is 7.38. The molecule has 4 aromatic rings. The van der Waals surface area contributed by atoms with E-state index in [1.54, 1.807) is 6.20 Å². The summed E-state index contributed by atoms with van der Waals surface area (Å²) < 4.78 is 1.85. The second kappa shape index (κ2) is 5.53. The molecule has 0 saturated carbocycles. The zero-order valence-electron chi connectivity index (χ0n) is 12.6. The van der Waals surface area contributed by atoms with Gasteiger partial charge in [-0.3, -0.25) is 4.98 Å². The molecule has 0 aliphatic carbocycles. The highest BCUT2D eigenvalue weighted by molar-refractivity contribution is 5.80. The second-order valence-corrected chi connectivity index (χ2v) is 5.23. The molecule has 0 atom stereocenters. The van der Waals surface area contributed by atoms with Crippen LogP contribution in [0.15, 0.2) is 67.1 Å². The van der Waals surface area contributed by atoms with Crippen LogP contribution in [0.5, 0.6) is 0 Å². The smallest absolute Gasteiger partial charge is 0.181 e. The molecular formula is C18H15N5. The number of fused-ring (bicyclic) bond motifs is 1. The maximum absolute atomic E-state index is 4.55. The number of rotatable bonds is 3. The van der Waals surface area contributed by atoms with Gasteiger partial charge in [0.1, 0.15) is 0 Å². The number of aromatic nitrogens is 4. The van der Waals surface area contributed by atoms with Gasteiger partial charge in [0.2, 0.25) is 0 Å². The molecule has 0 amide bonds. The summed E-state index contributed by atoms with van der Waals surface area (Å²) in [6, 6.07) is 16.0. The highest BCUT2D eigenvalue weighted by Gasteiger charge is 2.07. The van der Waals surface area contributed by atoms with Crippen molar-refractivity contribution in [3.05, 3.63) is 67.1 Å². The molecule has 0 spiro atoms. The van der Waals surface area contributed by atoms with Crippen LogP contribution in [0.3, 0.4) is 0 Å². The fraction of sp³-hybridized carbons (Fsp3) is 0.0556. The Balaban J connectivity index is 1.79. The van der Waals surface area contributed by atoms with Crippen molar-refractivity contribution in [3.63, 3.8) is 0 Å². The van der Waals surface area contributed by atoms with Crippen LogP contribution in [0.1, 0.15) is 0 Å². The Morgan fingerprint density at radius 1 is 1.00 bits per heavy atom. The molecule has 4 rings (SSSR count). The molecule has 0 aliphatic heterocycles. The zero-order chi connectivity index (χ0) is 15.6. The van der Waals surface area contributed by atoms with Crippen molar-refractivity contribution in [3.8, 4) is 16.9 Å². The van der Waals surface area contributed by atoms with Crippen LogP contribution >= 0.6 is 0 Å². The summed E-state index contributed by atoms with van der Waals surface area (Å²) in [5.74, 6) is 0. The first-order chi connectivity index (χ1) is 11.3. The summed E-state index contributed by atoms with van der Waals surface area (Å²) in [5.41, 5.74) is 4.66. The van der Waals surface area contributed by atoms with Gasteiger partial charge in [-0.1, -0.05) is 12.1 Å². The van der Waals surface area contributed by atoms with E-state index in [-0.39, 0.29) is 0 Å². The monoisotopic (exact) mass is 301 g/mol. The molecule has 112 valence electrons. The summed E-state index contributed by atoms with van der Waals surface area (Å²) in [6.45, 7) is 0. The van der Waals surface area contributed by atoms with E-state index in [0.717, 1.165) is 33.7 Å². The van der Waals surface area contributed by atoms with Gasteiger partial charge >= 0.3 is 0 Å². The average molecular weight is 301 g/mol. The van der Waals surface area contributed by atoms with E-state index in [2.05, 4.69) is 26.4 Å². The minimum absolute atomic E-state index is 0.722. The molecule has 0 aliphatic rings. The lowest BCUT2D eigenvalue weighted by Crippen LogP contribution is -1.96. The molecule has 3 heterocycles. The minimum Gasteiger partial charge on any atom is -0.388 e. The zero-order valence-corrected chi connectivity index (χ0v) is 12.6. The summed E-state index contributed by atoms with van der Waals surface area (Å²) >= 11 is 0. The predicted molar refractivity (Wildman–Crippen MR) is 91.6 cm³/mol. The molecule has 5 heteroatoms. The number of anilines is 1. The third kappa shape index (κ3) is 2.53. The molecule has 0 saturated heterocycles. The van der Waals surface area contributed by atoms with Gasteiger partial charge in [0, 0.05) is 42.3 Å². The van der Waals surface area contributed by atoms with Crippen LogP contribution in [-0.2, 0) is 0 Å². The predicted octanol–water partition coefficient (Wildman–Crippen LogP) is 3.52. The summed E-state index contributed by atoms with van der Waals surface area (Å²) in [4.78, 5) is 8.83. The fourth-order valence-corrected chi connectivity index (χ4v) is 2.53. The normalized spacial score (nSPS) is 10.8. The Hall–Kier alpha value is -3.21. The van der Waals surface area contributed by atoms with E-state index in [9.17, 15) is 0 Å². The fourth-order valence-electron chi connectivity index (χ4n) is 2.53. The van der Waals surface area contributed by atoms with Gasteiger partial charge in [0.25, 0.3) is 0 Å². The summed E-state index contributed by atoms with van der Waals surface area (Å²) in [7, 11) is 1.90. The number of hydrogen-bond donors (Lipinski definition) is 1. The van der Waals surface area contributed by atoms with Crippen molar-refractivity contribution in [2.24, 2.45) is 0 Å². The molecule has 0 unspecified atom stereocenters. The van der Waals surface area contributed by atoms with Gasteiger partial charge in [0.15, 0.2) is 5.65 Å². The van der Waals surface area contributed by atoms with Gasteiger partial charge in [-0.15, -0.1) is 5.10 Å². The van der Waals surface area contributed by atoms with Gasteiger partial charge < -0.3 is 5.32 Å². The first-order valence-corrected chi connectivity index (χ1v) is 7.38. The quantitative estimate of drug-likeness (QED) is 0.629. The Morgan fingerprint density at radius 3 is 2.78 bits per heavy atom. The summed E-state index contributed by atoms with van der Waals surface area (Å²) in [5, 5.41) is 8.68. The van der Waals surface area contributed by atoms with Crippen LogP contribution in [0, 0.1) is 0 Å². The van der Waals surface area contributed by atoms with Crippen LogP contribution in [-0.4, -0.2) is 26.8 Å². The lowest BCUT2D eigenvalue weighted by atomic mass is 10.1. The Bertz CT molecular complexity index is 959. The van der Waals surface area contributed by atoms with Crippen LogP contribution in [0.2, 0.25) is 0 Å². The highest BCUT2D eigenvalue weighted by atomic mass is 15.3. The van der Waals surface area contributed by atoms with Crippen LogP contribution < -0.4 is 5.32 Å². The van der Waals surface area contributed by atoms with Gasteiger partial charge in [-0.25, -0.2) is 9.67 Å². The minimum atomic E-state index is 0.722. The Morgan fingerprint density at radius 2 is 1.96 bits per heavy atom. The first kappa shape index (κ1) is 13.5. The lowest BCUT2D eigenvalue weighted by Gasteiger charge is -2.03. The van der Waals surface area contributed by atoms with E-state index >= 15 is 0 Å². The van der Waals surface area contributed by atoms with Crippen molar-refractivity contribution >= 4 is 16.7 Å². The third-order valence-electron chi connectivity index (χ3n) is 3.72. The summed E-state index contributed by atoms with van der Waals surface area (Å²) in [6.07, 6.45) is 5.59. The number of hydrogen-bond acceptors (Lipinski definition) is 4. The number of nitrogens with one attached hydrogen (secondary N) is 1. The van der Waals surface area contributed by atoms with Crippen molar-refractivity contribution in [1.82, 2.24) is 19.7 Å². The van der Waals surface area contributed by atoms with Crippen LogP contribution in [0.25, 0.3) is 28.0 Å². The molecule has 1 aromatic carbocycles. The van der Waals surface area contributed by atoms with Crippen molar-refractivity contribution < 1.29 is 0 Å². The van der Waals surface area contributed by atoms with E-state index < -0.39 is 0 Å². The van der Waals surface area contributed by atoms with Crippen LogP contribution in [0.4, 0.5) is 5.69 Å². The number of benzene rings is 1. The molecule has 1 N–H and O–H groups in total. The lowest BCUT2D eigenvalue weighted by molar-refractivity contribution is 0.890. The molecule has 0 fully saturated rings.